The summed E-state index contributed by atoms with van der Waals surface area (Å²) < 4.78 is 5.25. The molecular weight excluding hydrogens is 424 g/mol. The third kappa shape index (κ3) is 5.04. The number of nitrogens with two attached hydrogens (primary N) is 2. The van der Waals surface area contributed by atoms with E-state index in [0.717, 1.165) is 5.56 Å². The second-order valence-electron chi connectivity index (χ2n) is 7.44. The van der Waals surface area contributed by atoms with E-state index in [1.807, 2.05) is 12.1 Å². The number of hydrogen-bond acceptors (Lipinski definition) is 8. The molecule has 1 aliphatic rings. The molecule has 2 heterocycles. The Bertz CT molecular complexity index is 947. The first-order chi connectivity index (χ1) is 14.7. The van der Waals surface area contributed by atoms with E-state index in [2.05, 4.69) is 15.3 Å². The predicted molar refractivity (Wildman–Crippen MR) is 116 cm³/mol. The number of halogens is 1. The lowest BCUT2D eigenvalue weighted by atomic mass is 9.87. The number of benzene rings is 1. The highest BCUT2D eigenvalue weighted by Gasteiger charge is 2.39. The molecule has 1 fully saturated rings. The number of carbonyl (C=O) groups excluding carboxylic acids is 1. The Kier molecular flexibility index (Phi) is 6.94. The summed E-state index contributed by atoms with van der Waals surface area (Å²) >= 11 is 5.95. The Morgan fingerprint density at radius 2 is 1.94 bits per heavy atom. The molecule has 1 aliphatic heterocycles. The number of aromatic carboxylic acids is 1. The molecule has 0 spiro atoms. The summed E-state index contributed by atoms with van der Waals surface area (Å²) in [4.78, 5) is 34.2. The SMILES string of the molecule is COC[C@H](NC(=O)C1(N)CCN(c2ncnc(N)c2C(=O)O)CC1)c1ccc(Cl)cc1. The van der Waals surface area contributed by atoms with Crippen LogP contribution < -0.4 is 21.7 Å². The number of nitrogens with zero attached hydrogens (tertiary/aromatic N) is 3. The van der Waals surface area contributed by atoms with E-state index < -0.39 is 11.5 Å². The van der Waals surface area contributed by atoms with Crippen LogP contribution in [0.4, 0.5) is 11.6 Å². The number of methoxy groups -OCH3 is 1. The van der Waals surface area contributed by atoms with Crippen LogP contribution in [0.3, 0.4) is 0 Å². The molecule has 0 radical (unpaired) electrons. The maximum atomic E-state index is 13.0. The van der Waals surface area contributed by atoms with Crippen molar-refractivity contribution in [2.75, 3.05) is 37.4 Å². The molecule has 2 aromatic rings. The zero-order valence-electron chi connectivity index (χ0n) is 17.0. The van der Waals surface area contributed by atoms with E-state index >= 15 is 0 Å². The van der Waals surface area contributed by atoms with Crippen molar-refractivity contribution in [3.63, 3.8) is 0 Å². The fraction of sp³-hybridized carbons (Fsp3) is 0.400. The van der Waals surface area contributed by atoms with Crippen molar-refractivity contribution >= 4 is 35.1 Å². The normalized spacial score (nSPS) is 16.5. The second-order valence-corrected chi connectivity index (χ2v) is 7.88. The van der Waals surface area contributed by atoms with Gasteiger partial charge in [0.1, 0.15) is 23.5 Å². The molecule has 10 nitrogen and oxygen atoms in total. The van der Waals surface area contributed by atoms with Crippen molar-refractivity contribution < 1.29 is 19.4 Å². The van der Waals surface area contributed by atoms with Gasteiger partial charge in [-0.3, -0.25) is 4.79 Å². The van der Waals surface area contributed by atoms with E-state index in [1.165, 1.54) is 6.33 Å². The molecule has 0 aliphatic carbocycles. The van der Waals surface area contributed by atoms with Gasteiger partial charge in [0.05, 0.1) is 18.2 Å². The summed E-state index contributed by atoms with van der Waals surface area (Å²) in [5.74, 6) is -1.39. The molecule has 166 valence electrons. The molecule has 1 saturated heterocycles. The minimum absolute atomic E-state index is 0.106. The second kappa shape index (κ2) is 9.46. The summed E-state index contributed by atoms with van der Waals surface area (Å²) in [6, 6.07) is 6.76. The van der Waals surface area contributed by atoms with Crippen molar-refractivity contribution in [2.24, 2.45) is 5.73 Å². The highest BCUT2D eigenvalue weighted by atomic mass is 35.5. The molecule has 0 saturated carbocycles. The van der Waals surface area contributed by atoms with Crippen molar-refractivity contribution in [1.29, 1.82) is 0 Å². The smallest absolute Gasteiger partial charge is 0.343 e. The molecule has 1 atom stereocenters. The molecule has 0 unspecified atom stereocenters. The van der Waals surface area contributed by atoms with Gasteiger partial charge in [0.15, 0.2) is 0 Å². The first kappa shape index (κ1) is 22.7. The number of carboxylic acids is 1. The monoisotopic (exact) mass is 448 g/mol. The third-order valence-corrected chi connectivity index (χ3v) is 5.64. The summed E-state index contributed by atoms with van der Waals surface area (Å²) in [6.07, 6.45) is 1.83. The summed E-state index contributed by atoms with van der Waals surface area (Å²) in [5.41, 5.74) is 11.7. The van der Waals surface area contributed by atoms with E-state index in [0.29, 0.717) is 31.0 Å². The predicted octanol–water partition coefficient (Wildman–Crippen LogP) is 1.21. The molecule has 3 rings (SSSR count). The van der Waals surface area contributed by atoms with Crippen LogP contribution in [0.5, 0.6) is 0 Å². The van der Waals surface area contributed by atoms with E-state index in [-0.39, 0.29) is 35.8 Å². The van der Waals surface area contributed by atoms with Crippen LogP contribution in [0.2, 0.25) is 5.02 Å². The maximum absolute atomic E-state index is 13.0. The minimum Gasteiger partial charge on any atom is -0.477 e. The van der Waals surface area contributed by atoms with Gasteiger partial charge in [-0.25, -0.2) is 14.8 Å². The van der Waals surface area contributed by atoms with Crippen LogP contribution in [-0.4, -0.2) is 59.3 Å². The largest absolute Gasteiger partial charge is 0.477 e. The summed E-state index contributed by atoms with van der Waals surface area (Å²) in [6.45, 7) is 0.963. The van der Waals surface area contributed by atoms with Crippen LogP contribution in [-0.2, 0) is 9.53 Å². The quantitative estimate of drug-likeness (QED) is 0.488. The topological polar surface area (TPSA) is 157 Å². The number of amides is 1. The van der Waals surface area contributed by atoms with Gasteiger partial charge in [-0.15, -0.1) is 0 Å². The van der Waals surface area contributed by atoms with Gasteiger partial charge in [-0.05, 0) is 30.5 Å². The lowest BCUT2D eigenvalue weighted by Crippen LogP contribution is -2.60. The Hall–Kier alpha value is -2.95. The number of aromatic nitrogens is 2. The van der Waals surface area contributed by atoms with Gasteiger partial charge in [0.2, 0.25) is 5.91 Å². The zero-order chi connectivity index (χ0) is 22.6. The van der Waals surface area contributed by atoms with Crippen LogP contribution in [0.25, 0.3) is 0 Å². The number of nitrogen functional groups attached to an aromatic ring is 1. The van der Waals surface area contributed by atoms with Crippen LogP contribution >= 0.6 is 11.6 Å². The molecule has 1 aromatic heterocycles. The van der Waals surface area contributed by atoms with Gasteiger partial charge < -0.3 is 31.5 Å². The lowest BCUT2D eigenvalue weighted by molar-refractivity contribution is -0.128. The number of piperidine rings is 1. The Morgan fingerprint density at radius 3 is 2.52 bits per heavy atom. The van der Waals surface area contributed by atoms with Gasteiger partial charge in [0.25, 0.3) is 0 Å². The summed E-state index contributed by atoms with van der Waals surface area (Å²) in [5, 5.41) is 13.0. The number of rotatable bonds is 7. The first-order valence-corrected chi connectivity index (χ1v) is 10.1. The fourth-order valence-corrected chi connectivity index (χ4v) is 3.69. The Labute approximate surface area is 184 Å². The average Bonchev–Trinajstić information content (AvgIpc) is 2.74. The van der Waals surface area contributed by atoms with Gasteiger partial charge in [-0.2, -0.15) is 0 Å². The third-order valence-electron chi connectivity index (χ3n) is 5.39. The molecule has 1 amide bonds. The fourth-order valence-electron chi connectivity index (χ4n) is 3.56. The van der Waals surface area contributed by atoms with Gasteiger partial charge in [-0.1, -0.05) is 23.7 Å². The number of carboxylic acid groups (broad SMARTS) is 1. The Balaban J connectivity index is 1.71. The zero-order valence-corrected chi connectivity index (χ0v) is 17.8. The van der Waals surface area contributed by atoms with Gasteiger partial charge >= 0.3 is 5.97 Å². The Morgan fingerprint density at radius 1 is 1.29 bits per heavy atom. The van der Waals surface area contributed by atoms with Crippen molar-refractivity contribution in [1.82, 2.24) is 15.3 Å². The van der Waals surface area contributed by atoms with Gasteiger partial charge in [0, 0.05) is 25.2 Å². The molecule has 31 heavy (non-hydrogen) atoms. The lowest BCUT2D eigenvalue weighted by Gasteiger charge is -2.39. The standard InChI is InChI=1S/C20H25ClN6O4/c1-31-10-14(12-2-4-13(21)5-3-12)26-19(30)20(23)6-8-27(9-7-20)17-15(18(28)29)16(22)24-11-25-17/h2-5,11,14H,6-10,23H2,1H3,(H,26,30)(H,28,29)(H2,22,24,25)/t14-/m0/s1. The number of anilines is 2. The van der Waals surface area contributed by atoms with Crippen LogP contribution in [0.1, 0.15) is 34.8 Å². The highest BCUT2D eigenvalue weighted by Crippen LogP contribution is 2.28. The van der Waals surface area contributed by atoms with Crippen LogP contribution in [0.15, 0.2) is 30.6 Å². The minimum atomic E-state index is -1.21. The highest BCUT2D eigenvalue weighted by molar-refractivity contribution is 6.30. The van der Waals surface area contributed by atoms with Crippen molar-refractivity contribution in [2.45, 2.75) is 24.4 Å². The molecule has 11 heteroatoms. The first-order valence-electron chi connectivity index (χ1n) is 9.68. The number of nitrogens with one attached hydrogen (secondary N) is 1. The van der Waals surface area contributed by atoms with Crippen molar-refractivity contribution in [3.05, 3.63) is 46.7 Å². The molecular formula is C20H25ClN6O4. The van der Waals surface area contributed by atoms with E-state index in [9.17, 15) is 14.7 Å². The number of carbonyl (C=O) groups is 2. The average molecular weight is 449 g/mol. The van der Waals surface area contributed by atoms with Crippen molar-refractivity contribution in [3.8, 4) is 0 Å². The number of ether oxygens (including phenoxy) is 1. The van der Waals surface area contributed by atoms with E-state index in [4.69, 9.17) is 27.8 Å². The molecule has 0 bridgehead atoms. The summed E-state index contributed by atoms with van der Waals surface area (Å²) in [7, 11) is 1.55. The maximum Gasteiger partial charge on any atom is 0.343 e. The van der Waals surface area contributed by atoms with E-state index in [1.54, 1.807) is 24.1 Å². The number of hydrogen-bond donors (Lipinski definition) is 4. The molecule has 6 N–H and O–H groups in total. The molecule has 1 aromatic carbocycles. The van der Waals surface area contributed by atoms with Crippen LogP contribution in [0, 0.1) is 0 Å².